The lowest BCUT2D eigenvalue weighted by molar-refractivity contribution is 0.588. The summed E-state index contributed by atoms with van der Waals surface area (Å²) < 4.78 is 26.0. The van der Waals surface area contributed by atoms with Gasteiger partial charge in [-0.15, -0.1) is 0 Å². The molecule has 0 spiro atoms. The fourth-order valence-electron chi connectivity index (χ4n) is 2.07. The third-order valence-electron chi connectivity index (χ3n) is 3.14. The van der Waals surface area contributed by atoms with Gasteiger partial charge in [-0.3, -0.25) is 0 Å². The Morgan fingerprint density at radius 1 is 1.32 bits per heavy atom. The van der Waals surface area contributed by atoms with Gasteiger partial charge >= 0.3 is 0 Å². The summed E-state index contributed by atoms with van der Waals surface area (Å²) >= 11 is 1.92. The monoisotopic (exact) mass is 301 g/mol. The topological polar surface area (TPSA) is 75.4 Å². The van der Waals surface area contributed by atoms with E-state index in [-0.39, 0.29) is 4.90 Å². The lowest BCUT2D eigenvalue weighted by Crippen LogP contribution is -2.27. The zero-order valence-electron chi connectivity index (χ0n) is 10.9. The molecule has 0 amide bonds. The normalized spacial score (nSPS) is 17.2. The molecule has 0 aliphatic carbocycles. The van der Waals surface area contributed by atoms with Crippen LogP contribution >= 0.6 is 11.8 Å². The maximum absolute atomic E-state index is 11.8. The number of thioether (sulfide) groups is 1. The molecule has 1 saturated heterocycles. The Morgan fingerprint density at radius 3 is 2.84 bits per heavy atom. The molecule has 2 rings (SSSR count). The predicted octanol–water partition coefficient (Wildman–Crippen LogP) is 1.12. The molecule has 3 N–H and O–H groups in total. The summed E-state index contributed by atoms with van der Waals surface area (Å²) in [5, 5.41) is 0. The van der Waals surface area contributed by atoms with Gasteiger partial charge in [0.25, 0.3) is 0 Å². The van der Waals surface area contributed by atoms with Crippen molar-refractivity contribution in [3.8, 4) is 0 Å². The highest BCUT2D eigenvalue weighted by Gasteiger charge is 2.17. The van der Waals surface area contributed by atoms with Crippen molar-refractivity contribution in [2.75, 3.05) is 42.3 Å². The van der Waals surface area contributed by atoms with Gasteiger partial charge in [-0.1, -0.05) is 0 Å². The minimum absolute atomic E-state index is 0.260. The highest BCUT2D eigenvalue weighted by Crippen LogP contribution is 2.28. The Bertz CT molecular complexity index is 538. The summed E-state index contributed by atoms with van der Waals surface area (Å²) in [6.07, 6.45) is 1.09. The maximum Gasteiger partial charge on any atom is 0.240 e. The van der Waals surface area contributed by atoms with Gasteiger partial charge in [0.2, 0.25) is 10.0 Å². The smallest absolute Gasteiger partial charge is 0.240 e. The zero-order chi connectivity index (χ0) is 13.9. The van der Waals surface area contributed by atoms with Crippen molar-refractivity contribution >= 4 is 33.2 Å². The molecule has 0 unspecified atom stereocenters. The number of nitrogens with two attached hydrogens (primary N) is 1. The van der Waals surface area contributed by atoms with E-state index in [2.05, 4.69) is 9.62 Å². The third kappa shape index (κ3) is 3.34. The van der Waals surface area contributed by atoms with Gasteiger partial charge in [-0.05, 0) is 37.4 Å². The van der Waals surface area contributed by atoms with E-state index in [0.29, 0.717) is 5.69 Å². The van der Waals surface area contributed by atoms with Crippen molar-refractivity contribution in [1.29, 1.82) is 0 Å². The molecule has 0 saturated carbocycles. The summed E-state index contributed by atoms with van der Waals surface area (Å²) in [7, 11) is -2.01. The molecule has 1 aliphatic heterocycles. The Hall–Kier alpha value is -0.920. The van der Waals surface area contributed by atoms with Crippen molar-refractivity contribution in [2.45, 2.75) is 11.3 Å². The Balaban J connectivity index is 2.36. The lowest BCUT2D eigenvalue weighted by atomic mass is 10.2. The molecule has 0 atom stereocenters. The lowest BCUT2D eigenvalue weighted by Gasteiger charge is -2.24. The van der Waals surface area contributed by atoms with Crippen molar-refractivity contribution in [1.82, 2.24) is 4.72 Å². The molecule has 106 valence electrons. The highest BCUT2D eigenvalue weighted by atomic mass is 32.2. The molecule has 0 radical (unpaired) electrons. The molecule has 7 heteroatoms. The van der Waals surface area contributed by atoms with Crippen LogP contribution in [0.25, 0.3) is 0 Å². The van der Waals surface area contributed by atoms with Gasteiger partial charge in [0.1, 0.15) is 0 Å². The van der Waals surface area contributed by atoms with Crippen LogP contribution in [-0.2, 0) is 10.0 Å². The Morgan fingerprint density at radius 2 is 2.11 bits per heavy atom. The number of rotatable bonds is 3. The molecule has 1 aromatic rings. The summed E-state index contributed by atoms with van der Waals surface area (Å²) in [5.41, 5.74) is 7.44. The van der Waals surface area contributed by atoms with E-state index < -0.39 is 10.0 Å². The van der Waals surface area contributed by atoms with E-state index in [9.17, 15) is 8.42 Å². The molecule has 1 aliphatic rings. The number of nitrogen functional groups attached to an aromatic ring is 1. The van der Waals surface area contributed by atoms with Crippen LogP contribution in [0.4, 0.5) is 11.4 Å². The molecule has 0 bridgehead atoms. The predicted molar refractivity (Wildman–Crippen MR) is 81.3 cm³/mol. The summed E-state index contributed by atoms with van der Waals surface area (Å²) in [6, 6.07) is 4.87. The maximum atomic E-state index is 11.8. The van der Waals surface area contributed by atoms with Crippen LogP contribution in [0.1, 0.15) is 6.42 Å². The average molecular weight is 301 g/mol. The number of hydrogen-bond acceptors (Lipinski definition) is 5. The summed E-state index contributed by atoms with van der Waals surface area (Å²) in [5.74, 6) is 2.19. The first-order chi connectivity index (χ1) is 9.04. The number of anilines is 2. The van der Waals surface area contributed by atoms with Crippen LogP contribution in [0.15, 0.2) is 23.1 Å². The second kappa shape index (κ2) is 6.02. The van der Waals surface area contributed by atoms with Crippen LogP contribution < -0.4 is 15.4 Å². The quantitative estimate of drug-likeness (QED) is 0.818. The van der Waals surface area contributed by atoms with Crippen LogP contribution in [0.3, 0.4) is 0 Å². The summed E-state index contributed by atoms with van der Waals surface area (Å²) in [6.45, 7) is 1.82. The second-order valence-electron chi connectivity index (χ2n) is 4.38. The Labute approximate surface area is 118 Å². The summed E-state index contributed by atoms with van der Waals surface area (Å²) in [4.78, 5) is 2.43. The van der Waals surface area contributed by atoms with E-state index in [4.69, 9.17) is 5.73 Å². The van der Waals surface area contributed by atoms with E-state index in [0.717, 1.165) is 36.7 Å². The first-order valence-electron chi connectivity index (χ1n) is 6.20. The first kappa shape index (κ1) is 14.5. The molecule has 19 heavy (non-hydrogen) atoms. The molecule has 0 aromatic heterocycles. The van der Waals surface area contributed by atoms with Crippen LogP contribution in [0, 0.1) is 0 Å². The van der Waals surface area contributed by atoms with E-state index >= 15 is 0 Å². The molecule has 1 aromatic carbocycles. The number of nitrogens with zero attached hydrogens (tertiary/aromatic N) is 1. The van der Waals surface area contributed by atoms with Gasteiger partial charge in [0.05, 0.1) is 16.3 Å². The average Bonchev–Trinajstić information content (AvgIpc) is 2.68. The molecule has 1 heterocycles. The molecular formula is C12H19N3O2S2. The second-order valence-corrected chi connectivity index (χ2v) is 7.49. The third-order valence-corrected chi connectivity index (χ3v) is 5.60. The van der Waals surface area contributed by atoms with Crippen LogP contribution in [0.2, 0.25) is 0 Å². The van der Waals surface area contributed by atoms with Crippen LogP contribution in [-0.4, -0.2) is 40.1 Å². The van der Waals surface area contributed by atoms with Gasteiger partial charge in [-0.25, -0.2) is 13.1 Å². The highest BCUT2D eigenvalue weighted by molar-refractivity contribution is 7.99. The standard InChI is InChI=1S/C12H19N3O2S2/c1-14-19(16,17)10-3-4-11(13)12(9-10)15-5-2-7-18-8-6-15/h3-4,9,14H,2,5-8,13H2,1H3. The van der Waals surface area contributed by atoms with E-state index in [1.807, 2.05) is 11.8 Å². The van der Waals surface area contributed by atoms with Crippen molar-refractivity contribution in [2.24, 2.45) is 0 Å². The minimum Gasteiger partial charge on any atom is -0.397 e. The SMILES string of the molecule is CNS(=O)(=O)c1ccc(N)c(N2CCCSCC2)c1. The van der Waals surface area contributed by atoms with Crippen molar-refractivity contribution in [3.63, 3.8) is 0 Å². The van der Waals surface area contributed by atoms with Crippen molar-refractivity contribution < 1.29 is 8.42 Å². The number of nitrogens with one attached hydrogen (secondary N) is 1. The fourth-order valence-corrected chi connectivity index (χ4v) is 3.71. The van der Waals surface area contributed by atoms with E-state index in [1.165, 1.54) is 13.1 Å². The Kier molecular flexibility index (Phi) is 4.59. The number of benzene rings is 1. The van der Waals surface area contributed by atoms with Gasteiger partial charge in [0, 0.05) is 18.8 Å². The number of sulfonamides is 1. The van der Waals surface area contributed by atoms with Crippen molar-refractivity contribution in [3.05, 3.63) is 18.2 Å². The van der Waals surface area contributed by atoms with Gasteiger partial charge < -0.3 is 10.6 Å². The molecule has 5 nitrogen and oxygen atoms in total. The zero-order valence-corrected chi connectivity index (χ0v) is 12.6. The van der Waals surface area contributed by atoms with E-state index in [1.54, 1.807) is 12.1 Å². The minimum atomic E-state index is -3.42. The fraction of sp³-hybridized carbons (Fsp3) is 0.500. The number of hydrogen-bond donors (Lipinski definition) is 2. The molecule has 1 fully saturated rings. The van der Waals surface area contributed by atoms with Crippen LogP contribution in [0.5, 0.6) is 0 Å². The largest absolute Gasteiger partial charge is 0.397 e. The first-order valence-corrected chi connectivity index (χ1v) is 8.84. The van der Waals surface area contributed by atoms with Gasteiger partial charge in [0.15, 0.2) is 0 Å². The molecular weight excluding hydrogens is 282 g/mol. The van der Waals surface area contributed by atoms with Gasteiger partial charge in [-0.2, -0.15) is 11.8 Å².